The minimum absolute atomic E-state index is 0.256. The van der Waals surface area contributed by atoms with E-state index in [9.17, 15) is 61.0 Å². The first-order valence-electron chi connectivity index (χ1n) is 28.1. The van der Waals surface area contributed by atoms with Crippen LogP contribution in [0.2, 0.25) is 0 Å². The molecule has 0 aromatic rings. The van der Waals surface area contributed by atoms with Crippen molar-refractivity contribution >= 4 is 5.91 Å². The quantitative estimate of drug-likeness (QED) is 0.0308. The Labute approximate surface area is 435 Å². The molecular formula is C54H99NO18. The lowest BCUT2D eigenvalue weighted by atomic mass is 9.96. The summed E-state index contributed by atoms with van der Waals surface area (Å²) in [4.78, 5) is 13.1. The Morgan fingerprint density at radius 3 is 1.40 bits per heavy atom. The second kappa shape index (κ2) is 38.8. The lowest BCUT2D eigenvalue weighted by Gasteiger charge is -2.48. The van der Waals surface area contributed by atoms with Gasteiger partial charge in [-0.3, -0.25) is 4.79 Å². The average Bonchev–Trinajstić information content (AvgIpc) is 3.38. The number of nitrogens with one attached hydrogen (secondary N) is 1. The van der Waals surface area contributed by atoms with Gasteiger partial charge in [0.15, 0.2) is 18.9 Å². The van der Waals surface area contributed by atoms with Crippen LogP contribution in [0.3, 0.4) is 0 Å². The largest absolute Gasteiger partial charge is 0.394 e. The zero-order chi connectivity index (χ0) is 53.4. The number of aliphatic hydroxyl groups excluding tert-OH is 11. The smallest absolute Gasteiger partial charge is 0.220 e. The Hall–Kier alpha value is -1.73. The van der Waals surface area contributed by atoms with Crippen molar-refractivity contribution in [2.24, 2.45) is 0 Å². The molecule has 19 nitrogen and oxygen atoms in total. The molecule has 0 aromatic carbocycles. The molecule has 0 saturated carbocycles. The van der Waals surface area contributed by atoms with E-state index in [1.165, 1.54) is 103 Å². The number of ether oxygens (including phenoxy) is 6. The maximum Gasteiger partial charge on any atom is 0.220 e. The van der Waals surface area contributed by atoms with E-state index in [0.29, 0.717) is 19.3 Å². The van der Waals surface area contributed by atoms with Crippen molar-refractivity contribution in [3.63, 3.8) is 0 Å². The highest BCUT2D eigenvalue weighted by Crippen LogP contribution is 2.33. The number of unbranched alkanes of at least 4 members (excludes halogenated alkanes) is 20. The summed E-state index contributed by atoms with van der Waals surface area (Å²) >= 11 is 0. The molecule has 3 aliphatic rings. The number of hydrogen-bond donors (Lipinski definition) is 12. The van der Waals surface area contributed by atoms with Crippen LogP contribution in [-0.4, -0.2) is 193 Å². The summed E-state index contributed by atoms with van der Waals surface area (Å²) < 4.78 is 34.0. The molecule has 17 unspecified atom stereocenters. The number of hydrogen-bond acceptors (Lipinski definition) is 18. The third-order valence-corrected chi connectivity index (χ3v) is 14.3. The molecule has 1 amide bonds. The fourth-order valence-electron chi connectivity index (χ4n) is 9.58. The number of aliphatic hydroxyl groups is 11. The van der Waals surface area contributed by atoms with E-state index < -0.39 is 124 Å². The van der Waals surface area contributed by atoms with Crippen LogP contribution in [-0.2, 0) is 33.2 Å². The van der Waals surface area contributed by atoms with Gasteiger partial charge in [0.25, 0.3) is 0 Å². The minimum Gasteiger partial charge on any atom is -0.394 e. The molecule has 0 aliphatic carbocycles. The molecular weight excluding hydrogens is 951 g/mol. The predicted molar refractivity (Wildman–Crippen MR) is 273 cm³/mol. The van der Waals surface area contributed by atoms with Crippen molar-refractivity contribution in [2.75, 3.05) is 26.4 Å². The fourth-order valence-corrected chi connectivity index (χ4v) is 9.58. The molecule has 0 spiro atoms. The van der Waals surface area contributed by atoms with E-state index in [1.54, 1.807) is 0 Å². The van der Waals surface area contributed by atoms with Crippen LogP contribution in [0.1, 0.15) is 181 Å². The summed E-state index contributed by atoms with van der Waals surface area (Å²) in [6.45, 7) is 1.58. The Balaban J connectivity index is 1.35. The first kappa shape index (κ1) is 65.6. The summed E-state index contributed by atoms with van der Waals surface area (Å²) in [6.07, 6.45) is 11.2. The summed E-state index contributed by atoms with van der Waals surface area (Å²) in [6, 6.07) is -0.881. The molecule has 0 aromatic heterocycles. The minimum atomic E-state index is -1.97. The molecule has 0 radical (unpaired) electrons. The van der Waals surface area contributed by atoms with Gasteiger partial charge in [-0.15, -0.1) is 0 Å². The van der Waals surface area contributed by atoms with Gasteiger partial charge < -0.3 is 89.9 Å². The highest BCUT2D eigenvalue weighted by Gasteiger charge is 2.53. The molecule has 19 heteroatoms. The molecule has 3 fully saturated rings. The molecule has 428 valence electrons. The molecule has 0 bridgehead atoms. The van der Waals surface area contributed by atoms with Gasteiger partial charge in [-0.25, -0.2) is 0 Å². The lowest BCUT2D eigenvalue weighted by molar-refractivity contribution is -0.379. The van der Waals surface area contributed by atoms with Crippen molar-refractivity contribution in [2.45, 2.75) is 285 Å². The zero-order valence-electron chi connectivity index (χ0n) is 44.1. The highest BCUT2D eigenvalue weighted by atomic mass is 16.8. The number of carbonyl (C=O) groups is 1. The third kappa shape index (κ3) is 23.8. The molecule has 3 rings (SSSR count). The number of allylic oxidation sites excluding steroid dienone is 4. The van der Waals surface area contributed by atoms with E-state index in [2.05, 4.69) is 36.5 Å². The van der Waals surface area contributed by atoms with Gasteiger partial charge in [-0.1, -0.05) is 154 Å². The second-order valence-corrected chi connectivity index (χ2v) is 20.4. The standard InChI is InChI=1S/C54H99NO18/c1-3-5-7-8-9-10-11-12-13-14-15-16-17-18-19-20-21-22-23-24-25-26-27-28-30-32-42(60)55-37(38(59)31-29-6-4-2)36-68-52-48(66)45(63)50(40(34-57)70-52)73-54-49(67)46(64)51(41(35-58)71-54)72-53-47(65)44(62)43(61)39(33-56)69-53/h11-12,14-15,37-41,43-54,56-59,61-67H,3-10,13,16-36H2,1-2H3,(H,55,60)/b12-11-,15-14-. The molecule has 17 atom stereocenters. The number of rotatable bonds is 40. The molecule has 3 heterocycles. The van der Waals surface area contributed by atoms with E-state index >= 15 is 0 Å². The number of carbonyl (C=O) groups excluding carboxylic acids is 1. The molecule has 3 saturated heterocycles. The van der Waals surface area contributed by atoms with Crippen LogP contribution >= 0.6 is 0 Å². The first-order chi connectivity index (χ1) is 35.3. The van der Waals surface area contributed by atoms with Crippen LogP contribution in [0.25, 0.3) is 0 Å². The first-order valence-corrected chi connectivity index (χ1v) is 28.1. The van der Waals surface area contributed by atoms with Crippen LogP contribution in [0.4, 0.5) is 0 Å². The van der Waals surface area contributed by atoms with Crippen LogP contribution in [0.5, 0.6) is 0 Å². The Bertz CT molecular complexity index is 1440. The maximum absolute atomic E-state index is 13.1. The van der Waals surface area contributed by atoms with Gasteiger partial charge in [0.2, 0.25) is 5.91 Å². The van der Waals surface area contributed by atoms with E-state index in [4.69, 9.17) is 28.4 Å². The van der Waals surface area contributed by atoms with Crippen LogP contribution in [0.15, 0.2) is 24.3 Å². The fraction of sp³-hybridized carbons (Fsp3) is 0.907. The van der Waals surface area contributed by atoms with Gasteiger partial charge in [0.05, 0.1) is 38.6 Å². The van der Waals surface area contributed by atoms with Crippen molar-refractivity contribution in [3.05, 3.63) is 24.3 Å². The van der Waals surface area contributed by atoms with Gasteiger partial charge in [-0.05, 0) is 44.9 Å². The normalized spacial score (nSPS) is 31.9. The van der Waals surface area contributed by atoms with E-state index in [1.807, 2.05) is 6.92 Å². The Kier molecular flexibility index (Phi) is 34.8. The maximum atomic E-state index is 13.1. The van der Waals surface area contributed by atoms with E-state index in [0.717, 1.165) is 38.5 Å². The predicted octanol–water partition coefficient (Wildman–Crippen LogP) is 3.59. The summed E-state index contributed by atoms with van der Waals surface area (Å²) in [5.41, 5.74) is 0. The van der Waals surface area contributed by atoms with Crippen LogP contribution in [0, 0.1) is 0 Å². The van der Waals surface area contributed by atoms with Crippen molar-refractivity contribution in [1.82, 2.24) is 5.32 Å². The second-order valence-electron chi connectivity index (χ2n) is 20.4. The zero-order valence-corrected chi connectivity index (χ0v) is 44.1. The summed E-state index contributed by atoms with van der Waals surface area (Å²) in [7, 11) is 0. The van der Waals surface area contributed by atoms with Gasteiger partial charge in [-0.2, -0.15) is 0 Å². The highest BCUT2D eigenvalue weighted by molar-refractivity contribution is 5.76. The summed E-state index contributed by atoms with van der Waals surface area (Å²) in [5.74, 6) is -0.256. The SMILES string of the molecule is CCCCCCC/C=C\C/C=C\CCCCCCCCCCCCCCCC(=O)NC(COC1OC(CO)C(OC2OC(CO)C(OC3OC(CO)C(O)C(O)C3O)C(O)C2O)C(O)C1O)C(O)CCCCC. The topological polar surface area (TPSA) is 307 Å². The van der Waals surface area contributed by atoms with Crippen molar-refractivity contribution in [1.29, 1.82) is 0 Å². The lowest BCUT2D eigenvalue weighted by Crippen LogP contribution is -2.66. The van der Waals surface area contributed by atoms with Crippen molar-refractivity contribution in [3.8, 4) is 0 Å². The Morgan fingerprint density at radius 2 is 0.904 bits per heavy atom. The van der Waals surface area contributed by atoms with Crippen molar-refractivity contribution < 1.29 is 89.4 Å². The van der Waals surface area contributed by atoms with E-state index in [-0.39, 0.29) is 18.9 Å². The molecule has 73 heavy (non-hydrogen) atoms. The van der Waals surface area contributed by atoms with Gasteiger partial charge >= 0.3 is 0 Å². The number of amides is 1. The van der Waals surface area contributed by atoms with Crippen LogP contribution < -0.4 is 5.32 Å². The molecule has 12 N–H and O–H groups in total. The summed E-state index contributed by atoms with van der Waals surface area (Å²) in [5, 5.41) is 119. The Morgan fingerprint density at radius 1 is 0.493 bits per heavy atom. The third-order valence-electron chi connectivity index (χ3n) is 14.3. The average molecular weight is 1050 g/mol. The van der Waals surface area contributed by atoms with Gasteiger partial charge in [0, 0.05) is 6.42 Å². The van der Waals surface area contributed by atoms with Gasteiger partial charge in [0.1, 0.15) is 73.2 Å². The monoisotopic (exact) mass is 1050 g/mol. The molecule has 3 aliphatic heterocycles.